The predicted molar refractivity (Wildman–Crippen MR) is 120 cm³/mol. The molecule has 4 rings (SSSR count). The topological polar surface area (TPSA) is 134 Å². The second-order valence-corrected chi connectivity index (χ2v) is 9.16. The second-order valence-electron chi connectivity index (χ2n) is 6.17. The van der Waals surface area contributed by atoms with Gasteiger partial charge in [0.1, 0.15) is 11.4 Å². The van der Waals surface area contributed by atoms with Gasteiger partial charge in [-0.15, -0.1) is 22.0 Å². The molecule has 0 radical (unpaired) electrons. The first-order chi connectivity index (χ1) is 14.4. The Labute approximate surface area is 181 Å². The highest BCUT2D eigenvalue weighted by Crippen LogP contribution is 2.24. The van der Waals surface area contributed by atoms with Crippen LogP contribution in [0.5, 0.6) is 0 Å². The van der Waals surface area contributed by atoms with Crippen molar-refractivity contribution in [1.29, 1.82) is 0 Å². The van der Waals surface area contributed by atoms with Crippen molar-refractivity contribution in [1.82, 2.24) is 0 Å². The minimum atomic E-state index is -3.75. The van der Waals surface area contributed by atoms with Crippen LogP contribution in [0.25, 0.3) is 0 Å². The lowest BCUT2D eigenvalue weighted by Crippen LogP contribution is -2.25. The average molecular weight is 460 g/mol. The molecule has 0 aliphatic carbocycles. The lowest BCUT2D eigenvalue weighted by molar-refractivity contribution is 0.598. The van der Waals surface area contributed by atoms with Crippen molar-refractivity contribution in [3.8, 4) is 0 Å². The highest BCUT2D eigenvalue weighted by atomic mass is 35.5. The number of nitrogens with two attached hydrogens (primary N) is 1. The number of hydrogen-bond acceptors (Lipinski definition) is 9. The molecule has 2 aliphatic heterocycles. The van der Waals surface area contributed by atoms with E-state index in [0.717, 1.165) is 10.6 Å². The number of sulfonamides is 1. The van der Waals surface area contributed by atoms with E-state index < -0.39 is 16.1 Å². The number of hydrogen-bond donors (Lipinski definition) is 1. The van der Waals surface area contributed by atoms with Crippen molar-refractivity contribution < 1.29 is 8.42 Å². The fraction of sp³-hybridized carbons (Fsp3) is 0.111. The van der Waals surface area contributed by atoms with Crippen LogP contribution in [0.2, 0.25) is 5.02 Å². The van der Waals surface area contributed by atoms with Crippen molar-refractivity contribution in [3.63, 3.8) is 0 Å². The summed E-state index contributed by atoms with van der Waals surface area (Å²) in [6.45, 7) is 0. The zero-order valence-electron chi connectivity index (χ0n) is 15.3. The summed E-state index contributed by atoms with van der Waals surface area (Å²) in [6.07, 6.45) is 1.45. The van der Waals surface area contributed by atoms with Crippen molar-refractivity contribution in [2.24, 2.45) is 35.3 Å². The molecule has 0 amide bonds. The molecule has 30 heavy (non-hydrogen) atoms. The number of amidine groups is 1. The minimum absolute atomic E-state index is 0.00109. The van der Waals surface area contributed by atoms with Crippen molar-refractivity contribution in [3.05, 3.63) is 59.1 Å². The standard InChI is InChI=1S/C18H14ClN7O2S2/c19-12-3-1-11(2-4-12)9-29-17-15-16(21-10-22-17)24-18(23-15)26-25-13-5-7-14(8-6-13)30(20,27)28/h1-8,10,15H,9H2,(H2,20,27,28). The van der Waals surface area contributed by atoms with E-state index in [9.17, 15) is 8.42 Å². The van der Waals surface area contributed by atoms with Crippen LogP contribution >= 0.6 is 23.4 Å². The quantitative estimate of drug-likeness (QED) is 0.700. The monoisotopic (exact) mass is 459 g/mol. The molecule has 0 spiro atoms. The lowest BCUT2D eigenvalue weighted by Gasteiger charge is -2.13. The van der Waals surface area contributed by atoms with E-state index >= 15 is 0 Å². The Morgan fingerprint density at radius 3 is 2.50 bits per heavy atom. The van der Waals surface area contributed by atoms with E-state index in [-0.39, 0.29) is 10.9 Å². The van der Waals surface area contributed by atoms with Gasteiger partial charge in [-0.2, -0.15) is 4.99 Å². The van der Waals surface area contributed by atoms with Crippen LogP contribution in [0.1, 0.15) is 5.56 Å². The summed E-state index contributed by atoms with van der Waals surface area (Å²) < 4.78 is 22.6. The Hall–Kier alpha value is -2.73. The molecule has 12 heteroatoms. The zero-order chi connectivity index (χ0) is 21.1. The fourth-order valence-corrected chi connectivity index (χ4v) is 4.14. The predicted octanol–water partition coefficient (Wildman–Crippen LogP) is 3.58. The van der Waals surface area contributed by atoms with Gasteiger partial charge in [0.15, 0.2) is 11.9 Å². The maximum Gasteiger partial charge on any atom is 0.267 e. The van der Waals surface area contributed by atoms with Gasteiger partial charge in [0.05, 0.1) is 10.6 Å². The highest BCUT2D eigenvalue weighted by molar-refractivity contribution is 8.13. The fourth-order valence-electron chi connectivity index (χ4n) is 2.55. The largest absolute Gasteiger partial charge is 0.267 e. The molecule has 0 bridgehead atoms. The van der Waals surface area contributed by atoms with Crippen LogP contribution in [-0.2, 0) is 15.8 Å². The van der Waals surface area contributed by atoms with E-state index in [1.807, 2.05) is 24.3 Å². The van der Waals surface area contributed by atoms with Crippen molar-refractivity contribution >= 4 is 62.3 Å². The average Bonchev–Trinajstić information content (AvgIpc) is 3.15. The third-order valence-electron chi connectivity index (χ3n) is 4.03. The smallest absolute Gasteiger partial charge is 0.232 e. The van der Waals surface area contributed by atoms with Gasteiger partial charge in [-0.05, 0) is 42.0 Å². The number of thioether (sulfide) groups is 1. The summed E-state index contributed by atoms with van der Waals surface area (Å²) in [6, 6.07) is 12.9. The molecule has 0 aromatic heterocycles. The zero-order valence-corrected chi connectivity index (χ0v) is 17.6. The molecule has 1 unspecified atom stereocenters. The molecular formula is C18H14ClN7O2S2. The van der Waals surface area contributed by atoms with Gasteiger partial charge in [-0.25, -0.2) is 28.5 Å². The number of nitrogens with zero attached hydrogens (tertiary/aromatic N) is 6. The number of benzene rings is 2. The summed E-state index contributed by atoms with van der Waals surface area (Å²) in [7, 11) is -3.75. The van der Waals surface area contributed by atoms with Gasteiger partial charge in [0.25, 0.3) is 5.96 Å². The summed E-state index contributed by atoms with van der Waals surface area (Å²) in [5, 5.41) is 14.6. The number of guanidine groups is 1. The molecule has 0 saturated heterocycles. The molecule has 2 aromatic carbocycles. The Bertz CT molecular complexity index is 1220. The lowest BCUT2D eigenvalue weighted by atomic mass is 10.2. The number of azo groups is 1. The van der Waals surface area contributed by atoms with Crippen molar-refractivity contribution in [2.45, 2.75) is 16.7 Å². The summed E-state index contributed by atoms with van der Waals surface area (Å²) in [5.41, 5.74) is 1.55. The Morgan fingerprint density at radius 1 is 1.07 bits per heavy atom. The third kappa shape index (κ3) is 4.87. The highest BCUT2D eigenvalue weighted by Gasteiger charge is 2.30. The normalized spacial score (nSPS) is 18.2. The van der Waals surface area contributed by atoms with Crippen LogP contribution in [0, 0.1) is 0 Å². The Morgan fingerprint density at radius 2 is 1.80 bits per heavy atom. The first-order valence-corrected chi connectivity index (χ1v) is 11.5. The van der Waals surface area contributed by atoms with Crippen LogP contribution in [0.3, 0.4) is 0 Å². The van der Waals surface area contributed by atoms with Gasteiger partial charge in [-0.1, -0.05) is 23.7 Å². The second kappa shape index (κ2) is 8.56. The first-order valence-electron chi connectivity index (χ1n) is 8.57. The van der Waals surface area contributed by atoms with Crippen LogP contribution in [0.4, 0.5) is 5.69 Å². The summed E-state index contributed by atoms with van der Waals surface area (Å²) in [4.78, 5) is 17.2. The number of primary sulfonamides is 1. The van der Waals surface area contributed by atoms with Gasteiger partial charge < -0.3 is 0 Å². The number of aliphatic imine (C=N–C) groups is 4. The molecule has 2 aromatic rings. The Kier molecular flexibility index (Phi) is 5.86. The van der Waals surface area contributed by atoms with Gasteiger partial charge in [-0.3, -0.25) is 0 Å². The molecule has 0 saturated carbocycles. The molecule has 2 aliphatic rings. The van der Waals surface area contributed by atoms with E-state index in [1.54, 1.807) is 0 Å². The van der Waals surface area contributed by atoms with Gasteiger partial charge in [0.2, 0.25) is 10.0 Å². The molecule has 2 N–H and O–H groups in total. The first kappa shape index (κ1) is 20.5. The summed E-state index contributed by atoms with van der Waals surface area (Å²) >= 11 is 7.46. The SMILES string of the molecule is NS(=O)(=O)c1ccc(N=NC2=NC3C(=N2)N=CN=C3SCc2ccc(Cl)cc2)cc1. The number of halogens is 1. The van der Waals surface area contributed by atoms with Gasteiger partial charge >= 0.3 is 0 Å². The van der Waals surface area contributed by atoms with E-state index in [2.05, 4.69) is 30.2 Å². The maximum absolute atomic E-state index is 11.3. The molecule has 9 nitrogen and oxygen atoms in total. The van der Waals surface area contributed by atoms with Gasteiger partial charge in [0, 0.05) is 10.8 Å². The van der Waals surface area contributed by atoms with E-state index in [1.165, 1.54) is 42.4 Å². The van der Waals surface area contributed by atoms with E-state index in [4.69, 9.17) is 16.7 Å². The van der Waals surface area contributed by atoms with Crippen LogP contribution in [0.15, 0.2) is 83.6 Å². The molecule has 152 valence electrons. The Balaban J connectivity index is 1.44. The van der Waals surface area contributed by atoms with Crippen molar-refractivity contribution in [2.75, 3.05) is 0 Å². The van der Waals surface area contributed by atoms with Crippen LogP contribution in [-0.4, -0.2) is 37.6 Å². The minimum Gasteiger partial charge on any atom is -0.232 e. The number of rotatable bonds is 4. The third-order valence-corrected chi connectivity index (χ3v) is 6.32. The molecule has 1 atom stereocenters. The van der Waals surface area contributed by atoms with E-state index in [0.29, 0.717) is 22.3 Å². The molecular weight excluding hydrogens is 446 g/mol. The van der Waals surface area contributed by atoms with Crippen LogP contribution < -0.4 is 5.14 Å². The number of fused-ring (bicyclic) bond motifs is 1. The molecule has 0 fully saturated rings. The molecule has 2 heterocycles. The maximum atomic E-state index is 11.3. The summed E-state index contributed by atoms with van der Waals surface area (Å²) in [5.74, 6) is 1.38.